The van der Waals surface area contributed by atoms with E-state index in [1.807, 2.05) is 12.1 Å². The first-order valence-corrected chi connectivity index (χ1v) is 9.26. The number of halogens is 1. The normalized spacial score (nSPS) is 10.8. The molecule has 0 amide bonds. The quantitative estimate of drug-likeness (QED) is 0.279. The van der Waals surface area contributed by atoms with Crippen molar-refractivity contribution in [2.45, 2.75) is 0 Å². The number of hydrogen-bond donors (Lipinski definition) is 0. The monoisotopic (exact) mass is 436 g/mol. The molecule has 1 heterocycles. The summed E-state index contributed by atoms with van der Waals surface area (Å²) in [5.41, 5.74) is 4.43. The molecule has 0 saturated heterocycles. The fourth-order valence-electron chi connectivity index (χ4n) is 3.05. The summed E-state index contributed by atoms with van der Waals surface area (Å²) in [6.45, 7) is 0. The highest BCUT2D eigenvalue weighted by Gasteiger charge is 2.14. The molecule has 0 radical (unpaired) electrons. The average Bonchev–Trinajstić information content (AvgIpc) is 2.92. The third kappa shape index (κ3) is 3.00. The van der Waals surface area contributed by atoms with E-state index in [1.165, 1.54) is 14.5 Å². The van der Waals surface area contributed by atoms with Gasteiger partial charge in [-0.3, -0.25) is 0 Å². The number of aromatic nitrogens is 1. The lowest BCUT2D eigenvalue weighted by Crippen LogP contribution is -2.03. The van der Waals surface area contributed by atoms with E-state index < -0.39 is 0 Å². The Labute approximate surface area is 161 Å². The zero-order valence-corrected chi connectivity index (χ0v) is 16.0. The van der Waals surface area contributed by atoms with Crippen LogP contribution in [-0.2, 0) is 7.05 Å². The van der Waals surface area contributed by atoms with E-state index in [2.05, 4.69) is 107 Å². The Balaban J connectivity index is 1.98. The van der Waals surface area contributed by atoms with Crippen LogP contribution in [0.3, 0.4) is 0 Å². The first kappa shape index (κ1) is 16.1. The summed E-state index contributed by atoms with van der Waals surface area (Å²) in [6, 6.07) is 29.2. The smallest absolute Gasteiger partial charge is 0.147 e. The van der Waals surface area contributed by atoms with Crippen LogP contribution in [0.2, 0.25) is 0 Å². The van der Waals surface area contributed by atoms with Gasteiger partial charge < -0.3 is 4.57 Å². The Morgan fingerprint density at radius 2 is 1.28 bits per heavy atom. The van der Waals surface area contributed by atoms with Gasteiger partial charge in [-0.15, -0.1) is 0 Å². The number of fused-ring (bicyclic) bond motifs is 1. The minimum atomic E-state index is 0.990. The number of aliphatic imine (C=N–C) groups is 1. The molecule has 0 aliphatic rings. The van der Waals surface area contributed by atoms with Crippen molar-refractivity contribution >= 4 is 45.0 Å². The fraction of sp³-hybridized carbons (Fsp3) is 0.0455. The molecule has 4 rings (SSSR count). The highest BCUT2D eigenvalue weighted by molar-refractivity contribution is 14.1. The van der Waals surface area contributed by atoms with Crippen molar-refractivity contribution in [3.05, 3.63) is 99.6 Å². The molecule has 4 aromatic rings. The highest BCUT2D eigenvalue weighted by Crippen LogP contribution is 2.33. The summed E-state index contributed by atoms with van der Waals surface area (Å²) in [4.78, 5) is 5.11. The van der Waals surface area contributed by atoms with Gasteiger partial charge in [-0.05, 0) is 28.7 Å². The fourth-order valence-corrected chi connectivity index (χ4v) is 3.99. The van der Waals surface area contributed by atoms with E-state index in [1.54, 1.807) is 0 Å². The Bertz CT molecular complexity index is 967. The van der Waals surface area contributed by atoms with Gasteiger partial charge in [0.15, 0.2) is 0 Å². The van der Waals surface area contributed by atoms with E-state index in [4.69, 9.17) is 4.99 Å². The molecular weight excluding hydrogens is 419 g/mol. The van der Waals surface area contributed by atoms with Gasteiger partial charge in [0.2, 0.25) is 0 Å². The van der Waals surface area contributed by atoms with Crippen molar-refractivity contribution in [1.29, 1.82) is 0 Å². The van der Waals surface area contributed by atoms with Crippen LogP contribution >= 0.6 is 22.6 Å². The van der Waals surface area contributed by atoms with Crippen molar-refractivity contribution in [2.75, 3.05) is 0 Å². The molecule has 3 aromatic carbocycles. The summed E-state index contributed by atoms with van der Waals surface area (Å²) in [7, 11) is 2.08. The lowest BCUT2D eigenvalue weighted by atomic mass is 10.0. The van der Waals surface area contributed by atoms with Gasteiger partial charge in [-0.25, -0.2) is 4.99 Å². The summed E-state index contributed by atoms with van der Waals surface area (Å²) < 4.78 is 3.35. The molecule has 0 aliphatic heterocycles. The molecule has 0 fully saturated rings. The molecule has 1 aromatic heterocycles. The zero-order chi connectivity index (χ0) is 17.2. The second-order valence-electron chi connectivity index (χ2n) is 5.91. The summed E-state index contributed by atoms with van der Waals surface area (Å²) >= 11 is 2.40. The largest absolute Gasteiger partial charge is 0.328 e. The molecular formula is C22H17IN2. The molecule has 0 saturated carbocycles. The maximum Gasteiger partial charge on any atom is 0.147 e. The number of hydrogen-bond acceptors (Lipinski definition) is 1. The van der Waals surface area contributed by atoms with Crippen LogP contribution in [-0.4, -0.2) is 10.3 Å². The number of aryl methyl sites for hydroxylation is 1. The van der Waals surface area contributed by atoms with E-state index in [9.17, 15) is 0 Å². The Morgan fingerprint density at radius 1 is 0.760 bits per heavy atom. The van der Waals surface area contributed by atoms with Gasteiger partial charge in [-0.1, -0.05) is 78.9 Å². The molecule has 0 aliphatic carbocycles. The van der Waals surface area contributed by atoms with Crippen LogP contribution in [0.1, 0.15) is 11.1 Å². The third-order valence-electron chi connectivity index (χ3n) is 4.33. The molecule has 0 unspecified atom stereocenters. The molecule has 25 heavy (non-hydrogen) atoms. The Morgan fingerprint density at radius 3 is 1.84 bits per heavy atom. The standard InChI is InChI=1S/C22H17IN2/c1-25-19-15-9-8-14-18(19)20(23)22(25)24-21(16-10-4-2-5-11-16)17-12-6-3-7-13-17/h2-15H,1H3. The van der Waals surface area contributed by atoms with Crippen LogP contribution in [0, 0.1) is 3.57 Å². The Kier molecular flexibility index (Phi) is 4.40. The predicted octanol–water partition coefficient (Wildman–Crippen LogP) is 5.95. The van der Waals surface area contributed by atoms with Crippen molar-refractivity contribution in [3.8, 4) is 0 Å². The van der Waals surface area contributed by atoms with Crippen LogP contribution in [0.15, 0.2) is 89.9 Å². The molecule has 2 nitrogen and oxygen atoms in total. The highest BCUT2D eigenvalue weighted by atomic mass is 127. The number of nitrogens with zero attached hydrogens (tertiary/aromatic N) is 2. The van der Waals surface area contributed by atoms with Crippen LogP contribution in [0.4, 0.5) is 5.82 Å². The average molecular weight is 436 g/mol. The van der Waals surface area contributed by atoms with E-state index in [0.717, 1.165) is 22.7 Å². The molecule has 0 N–H and O–H groups in total. The van der Waals surface area contributed by atoms with E-state index in [-0.39, 0.29) is 0 Å². The van der Waals surface area contributed by atoms with Crippen LogP contribution < -0.4 is 0 Å². The maximum atomic E-state index is 5.11. The van der Waals surface area contributed by atoms with E-state index >= 15 is 0 Å². The van der Waals surface area contributed by atoms with Crippen molar-refractivity contribution < 1.29 is 0 Å². The maximum absolute atomic E-state index is 5.11. The second kappa shape index (κ2) is 6.84. The van der Waals surface area contributed by atoms with Crippen molar-refractivity contribution in [1.82, 2.24) is 4.57 Å². The van der Waals surface area contributed by atoms with Crippen LogP contribution in [0.25, 0.3) is 10.9 Å². The SMILES string of the molecule is Cn1c(N=C(c2ccccc2)c2ccccc2)c(I)c2ccccc21. The summed E-state index contributed by atoms with van der Waals surface area (Å²) in [5.74, 6) is 0.990. The molecule has 0 bridgehead atoms. The summed E-state index contributed by atoms with van der Waals surface area (Å²) in [5, 5.41) is 1.24. The van der Waals surface area contributed by atoms with Gasteiger partial charge in [0.25, 0.3) is 0 Å². The zero-order valence-electron chi connectivity index (χ0n) is 13.9. The minimum Gasteiger partial charge on any atom is -0.328 e. The molecule has 0 spiro atoms. The van der Waals surface area contributed by atoms with Gasteiger partial charge in [0.05, 0.1) is 14.8 Å². The van der Waals surface area contributed by atoms with Gasteiger partial charge >= 0.3 is 0 Å². The first-order valence-electron chi connectivity index (χ1n) is 8.18. The number of para-hydroxylation sites is 1. The van der Waals surface area contributed by atoms with Crippen LogP contribution in [0.5, 0.6) is 0 Å². The second-order valence-corrected chi connectivity index (χ2v) is 6.98. The van der Waals surface area contributed by atoms with Gasteiger partial charge in [0, 0.05) is 23.6 Å². The topological polar surface area (TPSA) is 17.3 Å². The third-order valence-corrected chi connectivity index (χ3v) is 5.39. The lowest BCUT2D eigenvalue weighted by molar-refractivity contribution is 0.962. The van der Waals surface area contributed by atoms with Crippen molar-refractivity contribution in [3.63, 3.8) is 0 Å². The minimum absolute atomic E-state index is 0.990. The predicted molar refractivity (Wildman–Crippen MR) is 114 cm³/mol. The number of rotatable bonds is 3. The van der Waals surface area contributed by atoms with E-state index in [0.29, 0.717) is 0 Å². The van der Waals surface area contributed by atoms with Gasteiger partial charge in [0.1, 0.15) is 5.82 Å². The first-order chi connectivity index (χ1) is 12.3. The summed E-state index contributed by atoms with van der Waals surface area (Å²) in [6.07, 6.45) is 0. The molecule has 3 heteroatoms. The van der Waals surface area contributed by atoms with Gasteiger partial charge in [-0.2, -0.15) is 0 Å². The Hall–Kier alpha value is -2.40. The van der Waals surface area contributed by atoms with Crippen molar-refractivity contribution in [2.24, 2.45) is 12.0 Å². The molecule has 122 valence electrons. The number of benzene rings is 3. The lowest BCUT2D eigenvalue weighted by Gasteiger charge is -2.09. The molecule has 0 atom stereocenters.